The number of rotatable bonds is 7. The number of pyridine rings is 1. The molecule has 1 aliphatic heterocycles. The van der Waals surface area contributed by atoms with Gasteiger partial charge in [0.05, 0.1) is 12.3 Å². The van der Waals surface area contributed by atoms with Crippen molar-refractivity contribution in [3.05, 3.63) is 78.1 Å². The van der Waals surface area contributed by atoms with Crippen LogP contribution in [0.1, 0.15) is 41.3 Å². The first-order valence-corrected chi connectivity index (χ1v) is 10.4. The van der Waals surface area contributed by atoms with E-state index in [0.717, 1.165) is 11.1 Å². The van der Waals surface area contributed by atoms with Crippen LogP contribution in [0.15, 0.2) is 30.5 Å². The molecule has 1 aliphatic carbocycles. The molecule has 1 unspecified atom stereocenters. The number of aromatic nitrogens is 1. The van der Waals surface area contributed by atoms with Gasteiger partial charge in [-0.05, 0) is 24.6 Å². The molecule has 1 fully saturated rings. The third-order valence-electron chi connectivity index (χ3n) is 5.49. The second kappa shape index (κ2) is 9.65. The van der Waals surface area contributed by atoms with Gasteiger partial charge in [0.15, 0.2) is 5.75 Å². The molecule has 14 heteroatoms. The second-order valence-corrected chi connectivity index (χ2v) is 8.08. The Balaban J connectivity index is 1.46. The van der Waals surface area contributed by atoms with Crippen LogP contribution in [0.4, 0.5) is 4.79 Å². The Morgan fingerprint density at radius 3 is 2.32 bits per heavy atom. The van der Waals surface area contributed by atoms with Gasteiger partial charge in [0.25, 0.3) is 10.2 Å². The van der Waals surface area contributed by atoms with E-state index < -0.39 is 40.7 Å². The monoisotopic (exact) mass is 495 g/mol. The van der Waals surface area contributed by atoms with E-state index in [1.807, 2.05) is 12.1 Å². The van der Waals surface area contributed by atoms with Crippen LogP contribution in [0, 0.1) is 27.2 Å². The van der Waals surface area contributed by atoms with Crippen molar-refractivity contribution in [2.75, 3.05) is 0 Å². The number of ether oxygens (including phenoxy) is 3. The van der Waals surface area contributed by atoms with E-state index in [9.17, 15) is 25.0 Å². The zero-order chi connectivity index (χ0) is 24.4. The van der Waals surface area contributed by atoms with E-state index in [0.29, 0.717) is 16.3 Å². The summed E-state index contributed by atoms with van der Waals surface area (Å²) in [4.78, 5) is 46.9. The Labute approximate surface area is 196 Å². The molecule has 2 heterocycles. The van der Waals surface area contributed by atoms with Gasteiger partial charge in [0.2, 0.25) is 0 Å². The van der Waals surface area contributed by atoms with Gasteiger partial charge in [-0.2, -0.15) is 0 Å². The number of benzene rings is 1. The van der Waals surface area contributed by atoms with Gasteiger partial charge in [0.1, 0.15) is 24.4 Å². The summed E-state index contributed by atoms with van der Waals surface area (Å²) in [5, 5.41) is 19.7. The largest absolute Gasteiger partial charge is 0.514 e. The molecule has 13 nitrogen and oxygen atoms in total. The molecule has 4 atom stereocenters. The van der Waals surface area contributed by atoms with Crippen molar-refractivity contribution < 1.29 is 38.9 Å². The molecule has 1 saturated carbocycles. The van der Waals surface area contributed by atoms with Crippen LogP contribution in [0.25, 0.3) is 0 Å². The Kier molecular flexibility index (Phi) is 6.65. The van der Waals surface area contributed by atoms with Gasteiger partial charge in [-0.3, -0.25) is 4.98 Å². The summed E-state index contributed by atoms with van der Waals surface area (Å²) < 4.78 is 16.5. The highest BCUT2D eigenvalue weighted by Crippen LogP contribution is 2.41. The maximum Gasteiger partial charge on any atom is 0.514 e. The molecule has 0 amide bonds. The van der Waals surface area contributed by atoms with Crippen molar-refractivity contribution >= 4 is 17.8 Å². The normalized spacial score (nSPS) is 23.1. The summed E-state index contributed by atoms with van der Waals surface area (Å²) in [6, 6.07) is 7.12. The van der Waals surface area contributed by atoms with Crippen molar-refractivity contribution in [3.8, 4) is 5.75 Å². The van der Waals surface area contributed by atoms with E-state index in [4.69, 9.17) is 25.8 Å². The van der Waals surface area contributed by atoms with Crippen LogP contribution in [0.5, 0.6) is 5.75 Å². The van der Waals surface area contributed by atoms with Crippen LogP contribution < -0.4 is 4.74 Å². The number of hydrogen-bond donors (Lipinski definition) is 0. The topological polar surface area (TPSA) is 162 Å². The van der Waals surface area contributed by atoms with Crippen LogP contribution in [0.2, 0.25) is 5.02 Å². The molecular weight excluding hydrogens is 478 g/mol. The van der Waals surface area contributed by atoms with Crippen molar-refractivity contribution in [2.24, 2.45) is 0 Å². The lowest BCUT2D eigenvalue weighted by Crippen LogP contribution is -2.30. The Morgan fingerprint density at radius 1 is 1.12 bits per heavy atom. The Hall–Kier alpha value is -3.71. The summed E-state index contributed by atoms with van der Waals surface area (Å²) in [6.07, 6.45) is -3.72. The highest BCUT2D eigenvalue weighted by Gasteiger charge is 2.42. The summed E-state index contributed by atoms with van der Waals surface area (Å²) in [5.74, 6) is 0.174. The molecular formula is C20H18ClN3O10. The average Bonchev–Trinajstić information content (AvgIpc) is 3.34. The van der Waals surface area contributed by atoms with Crippen LogP contribution in [0.3, 0.4) is 0 Å². The molecule has 2 aliphatic rings. The van der Waals surface area contributed by atoms with E-state index in [-0.39, 0.29) is 25.2 Å². The first kappa shape index (κ1) is 23.4. The summed E-state index contributed by atoms with van der Waals surface area (Å²) in [6.45, 7) is 1.81. The van der Waals surface area contributed by atoms with Gasteiger partial charge in [-0.15, -0.1) is 20.2 Å². The zero-order valence-corrected chi connectivity index (χ0v) is 18.4. The number of aryl methyl sites for hydroxylation is 1. The molecule has 2 aromatic rings. The van der Waals surface area contributed by atoms with Crippen LogP contribution in [-0.2, 0) is 25.8 Å². The summed E-state index contributed by atoms with van der Waals surface area (Å²) >= 11 is 5.95. The fraction of sp³-hybridized carbons (Fsp3) is 0.400. The van der Waals surface area contributed by atoms with Crippen LogP contribution >= 0.6 is 11.6 Å². The maximum absolute atomic E-state index is 12.5. The van der Waals surface area contributed by atoms with Crippen LogP contribution in [-0.4, -0.2) is 39.6 Å². The van der Waals surface area contributed by atoms with Crippen molar-refractivity contribution in [3.63, 3.8) is 0 Å². The predicted molar refractivity (Wildman–Crippen MR) is 111 cm³/mol. The minimum Gasteiger partial charge on any atom is -0.431 e. The van der Waals surface area contributed by atoms with Crippen molar-refractivity contribution in [2.45, 2.75) is 50.8 Å². The maximum atomic E-state index is 12.5. The van der Waals surface area contributed by atoms with Gasteiger partial charge < -0.3 is 23.9 Å². The Morgan fingerprint density at radius 2 is 1.74 bits per heavy atom. The number of hydrogen-bond acceptors (Lipinski definition) is 11. The first-order valence-electron chi connectivity index (χ1n) is 10.1. The SMILES string of the molecule is Cc1ncc2c(c1OC(=O)O[C@H]1CC(O[N+](=O)[O-])[C@@H](O[N+](=O)[O-])C1)CO[C@H]2c1ccc(Cl)cc1. The number of halogens is 1. The predicted octanol–water partition coefficient (Wildman–Crippen LogP) is 3.49. The third-order valence-corrected chi connectivity index (χ3v) is 5.75. The van der Waals surface area contributed by atoms with E-state index in [2.05, 4.69) is 14.7 Å². The fourth-order valence-electron chi connectivity index (χ4n) is 4.03. The third kappa shape index (κ3) is 5.10. The lowest BCUT2D eigenvalue weighted by Gasteiger charge is -2.15. The van der Waals surface area contributed by atoms with Gasteiger partial charge >= 0.3 is 6.16 Å². The summed E-state index contributed by atoms with van der Waals surface area (Å²) in [5.41, 5.74) is 2.61. The molecule has 0 saturated heterocycles. The van der Waals surface area contributed by atoms with Crippen molar-refractivity contribution in [1.29, 1.82) is 0 Å². The number of nitrogens with zero attached hydrogens (tertiary/aromatic N) is 3. The fourth-order valence-corrected chi connectivity index (χ4v) is 4.16. The smallest absolute Gasteiger partial charge is 0.431 e. The molecule has 1 aromatic carbocycles. The molecule has 34 heavy (non-hydrogen) atoms. The summed E-state index contributed by atoms with van der Waals surface area (Å²) in [7, 11) is 0. The molecule has 1 aromatic heterocycles. The highest BCUT2D eigenvalue weighted by atomic mass is 35.5. The number of carbonyl (C=O) groups is 1. The Bertz CT molecular complexity index is 1090. The lowest BCUT2D eigenvalue weighted by atomic mass is 10.0. The first-order chi connectivity index (χ1) is 16.2. The average molecular weight is 496 g/mol. The standard InChI is InChI=1S/C20H18ClN3O10/c1-10-18(15-9-30-19(14(15)8-22-10)11-2-4-12(21)5-3-11)32-20(25)31-13-6-16(33-23(26)27)17(7-13)34-24(28)29/h2-5,8,13,16-17,19H,6-7,9H2,1H3/t13-,16+,17?,19+/m1/s1. The van der Waals surface area contributed by atoms with E-state index in [1.54, 1.807) is 25.3 Å². The number of carbonyl (C=O) groups excluding carboxylic acids is 1. The lowest BCUT2D eigenvalue weighted by molar-refractivity contribution is -0.797. The molecule has 180 valence electrons. The minimum atomic E-state index is -1.27. The number of fused-ring (bicyclic) bond motifs is 1. The molecule has 0 bridgehead atoms. The second-order valence-electron chi connectivity index (χ2n) is 7.65. The quantitative estimate of drug-likeness (QED) is 0.313. The van der Waals surface area contributed by atoms with E-state index >= 15 is 0 Å². The molecule has 4 rings (SSSR count). The van der Waals surface area contributed by atoms with Gasteiger partial charge in [-0.1, -0.05) is 23.7 Å². The molecule has 0 radical (unpaired) electrons. The van der Waals surface area contributed by atoms with Crippen molar-refractivity contribution in [1.82, 2.24) is 4.98 Å². The van der Waals surface area contributed by atoms with Gasteiger partial charge in [0, 0.05) is 35.2 Å². The highest BCUT2D eigenvalue weighted by molar-refractivity contribution is 6.30. The molecule has 0 N–H and O–H groups in total. The zero-order valence-electron chi connectivity index (χ0n) is 17.6. The molecule has 0 spiro atoms. The van der Waals surface area contributed by atoms with Gasteiger partial charge in [-0.25, -0.2) is 4.79 Å². The minimum absolute atomic E-state index is 0.162. The van der Waals surface area contributed by atoms with E-state index in [1.165, 1.54) is 0 Å².